The van der Waals surface area contributed by atoms with Crippen LogP contribution >= 0.6 is 0 Å². The van der Waals surface area contributed by atoms with Gasteiger partial charge in [0.1, 0.15) is 23.5 Å². The van der Waals surface area contributed by atoms with Gasteiger partial charge in [0.25, 0.3) is 12.0 Å². The summed E-state index contributed by atoms with van der Waals surface area (Å²) in [5.74, 6) is -0.334. The van der Waals surface area contributed by atoms with Crippen molar-refractivity contribution in [2.24, 2.45) is 7.05 Å². The molecular formula is C23H26F3N5O. The van der Waals surface area contributed by atoms with Crippen LogP contribution in [0.1, 0.15) is 55.0 Å². The van der Waals surface area contributed by atoms with Crippen molar-refractivity contribution in [2.75, 3.05) is 25.5 Å². The molecule has 0 unspecified atom stereocenters. The molecule has 32 heavy (non-hydrogen) atoms. The quantitative estimate of drug-likeness (QED) is 0.631. The van der Waals surface area contributed by atoms with Crippen LogP contribution in [0.25, 0.3) is 10.9 Å². The van der Waals surface area contributed by atoms with Crippen molar-refractivity contribution in [3.8, 4) is 0 Å². The van der Waals surface area contributed by atoms with Gasteiger partial charge in [0.2, 0.25) is 0 Å². The zero-order chi connectivity index (χ0) is 23.0. The van der Waals surface area contributed by atoms with Crippen molar-refractivity contribution < 1.29 is 13.2 Å². The lowest BCUT2D eigenvalue weighted by molar-refractivity contribution is 0.146. The number of benzene rings is 1. The Labute approximate surface area is 184 Å². The Morgan fingerprint density at radius 2 is 1.81 bits per heavy atom. The van der Waals surface area contributed by atoms with Crippen molar-refractivity contribution in [3.63, 3.8) is 0 Å². The van der Waals surface area contributed by atoms with Crippen LogP contribution in [0.4, 0.5) is 19.0 Å². The number of piperidine rings is 1. The van der Waals surface area contributed by atoms with Crippen molar-refractivity contribution in [1.82, 2.24) is 19.4 Å². The van der Waals surface area contributed by atoms with Gasteiger partial charge in [0.15, 0.2) is 0 Å². The number of halogens is 3. The number of aromatic nitrogens is 3. The molecule has 3 heterocycles. The van der Waals surface area contributed by atoms with Crippen LogP contribution in [0.3, 0.4) is 0 Å². The van der Waals surface area contributed by atoms with Crippen molar-refractivity contribution in [1.29, 1.82) is 0 Å². The predicted octanol–water partition coefficient (Wildman–Crippen LogP) is 4.39. The van der Waals surface area contributed by atoms with E-state index in [1.165, 1.54) is 18.5 Å². The monoisotopic (exact) mass is 445 g/mol. The number of nitrogens with one attached hydrogen (secondary N) is 1. The molecule has 0 bridgehead atoms. The molecule has 2 aromatic heterocycles. The van der Waals surface area contributed by atoms with E-state index in [2.05, 4.69) is 27.2 Å². The number of fused-ring (bicyclic) bond motifs is 1. The molecule has 1 aromatic carbocycles. The maximum absolute atomic E-state index is 14.6. The minimum atomic E-state index is -2.90. The summed E-state index contributed by atoms with van der Waals surface area (Å²) in [7, 11) is 3.83. The van der Waals surface area contributed by atoms with E-state index in [4.69, 9.17) is 0 Å². The molecule has 0 amide bonds. The molecule has 0 spiro atoms. The van der Waals surface area contributed by atoms with E-state index in [0.717, 1.165) is 37.7 Å². The SMILES string of the molecule is C[C@@H](Nc1ncnc2c(=O)n(C)c(C3CCN(C)CC3)cc12)c1cccc(C(F)F)c1F. The van der Waals surface area contributed by atoms with Gasteiger partial charge in [-0.3, -0.25) is 4.79 Å². The van der Waals surface area contributed by atoms with Crippen LogP contribution in [-0.4, -0.2) is 39.6 Å². The molecule has 0 radical (unpaired) electrons. The van der Waals surface area contributed by atoms with E-state index in [1.807, 2.05) is 6.07 Å². The average molecular weight is 445 g/mol. The summed E-state index contributed by atoms with van der Waals surface area (Å²) in [5, 5.41) is 3.64. The fourth-order valence-corrected chi connectivity index (χ4v) is 4.39. The first-order valence-electron chi connectivity index (χ1n) is 10.6. The first-order chi connectivity index (χ1) is 15.3. The number of anilines is 1. The number of hydrogen-bond donors (Lipinski definition) is 1. The zero-order valence-corrected chi connectivity index (χ0v) is 18.3. The fourth-order valence-electron chi connectivity index (χ4n) is 4.39. The first kappa shape index (κ1) is 22.3. The maximum Gasteiger partial charge on any atom is 0.277 e. The van der Waals surface area contributed by atoms with Crippen LogP contribution in [0.5, 0.6) is 0 Å². The number of pyridine rings is 1. The third-order valence-electron chi connectivity index (χ3n) is 6.32. The lowest BCUT2D eigenvalue weighted by Crippen LogP contribution is -2.32. The molecule has 1 fully saturated rings. The Bertz CT molecular complexity index is 1190. The highest BCUT2D eigenvalue weighted by molar-refractivity contribution is 5.88. The normalized spacial score (nSPS) is 16.6. The van der Waals surface area contributed by atoms with Crippen LogP contribution in [0.2, 0.25) is 0 Å². The number of nitrogens with zero attached hydrogens (tertiary/aromatic N) is 4. The van der Waals surface area contributed by atoms with Gasteiger partial charge in [-0.15, -0.1) is 0 Å². The first-order valence-corrected chi connectivity index (χ1v) is 10.6. The van der Waals surface area contributed by atoms with Gasteiger partial charge >= 0.3 is 0 Å². The molecule has 1 N–H and O–H groups in total. The molecular weight excluding hydrogens is 419 g/mol. The summed E-state index contributed by atoms with van der Waals surface area (Å²) in [6, 6.07) is 5.22. The number of alkyl halides is 2. The molecule has 6 nitrogen and oxygen atoms in total. The highest BCUT2D eigenvalue weighted by atomic mass is 19.3. The molecule has 4 rings (SSSR count). The summed E-state index contributed by atoms with van der Waals surface area (Å²) >= 11 is 0. The Morgan fingerprint density at radius 1 is 1.12 bits per heavy atom. The second kappa shape index (κ2) is 8.90. The molecule has 1 aliphatic rings. The van der Waals surface area contributed by atoms with Gasteiger partial charge in [0, 0.05) is 24.2 Å². The average Bonchev–Trinajstić information content (AvgIpc) is 2.77. The van der Waals surface area contributed by atoms with Crippen molar-refractivity contribution in [2.45, 2.75) is 38.2 Å². The Morgan fingerprint density at radius 3 is 2.50 bits per heavy atom. The van der Waals surface area contributed by atoms with E-state index in [9.17, 15) is 18.0 Å². The lowest BCUT2D eigenvalue weighted by Gasteiger charge is -2.30. The largest absolute Gasteiger partial charge is 0.363 e. The van der Waals surface area contributed by atoms with Gasteiger partial charge in [-0.25, -0.2) is 23.1 Å². The van der Waals surface area contributed by atoms with Crippen molar-refractivity contribution in [3.05, 3.63) is 63.6 Å². The predicted molar refractivity (Wildman–Crippen MR) is 118 cm³/mol. The Balaban J connectivity index is 1.74. The standard InChI is InChI=1S/C23H26F3N5O/c1-13(15-5-4-6-16(19(15)24)21(25)26)29-22-17-11-18(14-7-9-30(2)10-8-14)31(3)23(32)20(17)27-12-28-22/h4-6,11-14,21H,7-10H2,1-3H3,(H,27,28,29)/t13-/m1/s1. The molecule has 1 aliphatic heterocycles. The highest BCUT2D eigenvalue weighted by Crippen LogP contribution is 2.32. The smallest absolute Gasteiger partial charge is 0.277 e. The summed E-state index contributed by atoms with van der Waals surface area (Å²) in [6.45, 7) is 3.56. The van der Waals surface area contributed by atoms with E-state index in [0.29, 0.717) is 11.2 Å². The van der Waals surface area contributed by atoms with E-state index in [-0.39, 0.29) is 22.6 Å². The Hall–Kier alpha value is -2.94. The molecule has 170 valence electrons. The molecule has 3 aromatic rings. The van der Waals surface area contributed by atoms with Crippen LogP contribution < -0.4 is 10.9 Å². The fraction of sp³-hybridized carbons (Fsp3) is 0.435. The minimum Gasteiger partial charge on any atom is -0.363 e. The summed E-state index contributed by atoms with van der Waals surface area (Å²) < 4.78 is 42.5. The van der Waals surface area contributed by atoms with Gasteiger partial charge < -0.3 is 14.8 Å². The number of likely N-dealkylation sites (tertiary alicyclic amines) is 1. The van der Waals surface area contributed by atoms with Crippen LogP contribution in [0.15, 0.2) is 35.4 Å². The summed E-state index contributed by atoms with van der Waals surface area (Å²) in [6.07, 6.45) is 0.253. The van der Waals surface area contributed by atoms with Crippen LogP contribution in [-0.2, 0) is 7.05 Å². The molecule has 1 atom stereocenters. The van der Waals surface area contributed by atoms with Gasteiger partial charge in [-0.1, -0.05) is 18.2 Å². The zero-order valence-electron chi connectivity index (χ0n) is 18.3. The highest BCUT2D eigenvalue weighted by Gasteiger charge is 2.24. The maximum atomic E-state index is 14.6. The third kappa shape index (κ3) is 4.09. The molecule has 0 aliphatic carbocycles. The number of rotatable bonds is 5. The van der Waals surface area contributed by atoms with Gasteiger partial charge in [0.05, 0.1) is 17.0 Å². The topological polar surface area (TPSA) is 63.1 Å². The Kier molecular flexibility index (Phi) is 6.19. The second-order valence-corrected chi connectivity index (χ2v) is 8.41. The lowest BCUT2D eigenvalue weighted by atomic mass is 9.92. The van der Waals surface area contributed by atoms with E-state index >= 15 is 0 Å². The third-order valence-corrected chi connectivity index (χ3v) is 6.32. The molecule has 0 saturated carbocycles. The van der Waals surface area contributed by atoms with Gasteiger partial charge in [-0.05, 0) is 46.0 Å². The summed E-state index contributed by atoms with van der Waals surface area (Å²) in [5.41, 5.74) is 0.416. The van der Waals surface area contributed by atoms with Crippen LogP contribution in [0, 0.1) is 5.82 Å². The second-order valence-electron chi connectivity index (χ2n) is 8.41. The van der Waals surface area contributed by atoms with E-state index < -0.39 is 23.8 Å². The number of hydrogen-bond acceptors (Lipinski definition) is 5. The molecule has 9 heteroatoms. The van der Waals surface area contributed by atoms with E-state index in [1.54, 1.807) is 18.5 Å². The molecule has 1 saturated heterocycles. The van der Waals surface area contributed by atoms with Crippen molar-refractivity contribution >= 4 is 16.7 Å². The summed E-state index contributed by atoms with van der Waals surface area (Å²) in [4.78, 5) is 23.7. The van der Waals surface area contributed by atoms with Gasteiger partial charge in [-0.2, -0.15) is 0 Å². The minimum absolute atomic E-state index is 0.105.